The first-order valence-corrected chi connectivity index (χ1v) is 7.95. The smallest absolute Gasteiger partial charge is 0.127 e. The second-order valence-corrected chi connectivity index (χ2v) is 6.23. The molecule has 0 aliphatic carbocycles. The molecule has 1 saturated heterocycles. The van der Waals surface area contributed by atoms with Crippen LogP contribution in [0.4, 0.5) is 5.69 Å². The lowest BCUT2D eigenvalue weighted by Crippen LogP contribution is -2.49. The fourth-order valence-corrected chi connectivity index (χ4v) is 3.47. The zero-order valence-electron chi connectivity index (χ0n) is 12.6. The Kier molecular flexibility index (Phi) is 3.31. The van der Waals surface area contributed by atoms with Crippen molar-refractivity contribution in [3.8, 4) is 0 Å². The summed E-state index contributed by atoms with van der Waals surface area (Å²) in [4.78, 5) is 0. The molecule has 0 radical (unpaired) electrons. The zero-order valence-corrected chi connectivity index (χ0v) is 12.6. The molecule has 0 unspecified atom stereocenters. The van der Waals surface area contributed by atoms with Crippen molar-refractivity contribution in [1.82, 2.24) is 10.2 Å². The van der Waals surface area contributed by atoms with Crippen LogP contribution in [0.5, 0.6) is 0 Å². The van der Waals surface area contributed by atoms with Gasteiger partial charge in [-0.2, -0.15) is 5.10 Å². The highest BCUT2D eigenvalue weighted by Gasteiger charge is 2.33. The molecular weight excluding hydrogens is 272 g/mol. The maximum Gasteiger partial charge on any atom is 0.127 e. The second-order valence-electron chi connectivity index (χ2n) is 6.23. The van der Waals surface area contributed by atoms with Crippen LogP contribution in [-0.4, -0.2) is 27.9 Å². The van der Waals surface area contributed by atoms with Crippen molar-refractivity contribution >= 4 is 16.6 Å². The summed E-state index contributed by atoms with van der Waals surface area (Å²) < 4.78 is 0.938. The second kappa shape index (κ2) is 5.46. The minimum atomic E-state index is 0.938. The summed E-state index contributed by atoms with van der Waals surface area (Å²) in [7, 11) is 0. The molecular formula is C18H21N4+. The van der Waals surface area contributed by atoms with Gasteiger partial charge in [0.2, 0.25) is 0 Å². The van der Waals surface area contributed by atoms with Gasteiger partial charge < -0.3 is 0 Å². The van der Waals surface area contributed by atoms with Crippen molar-refractivity contribution in [2.24, 2.45) is 0 Å². The van der Waals surface area contributed by atoms with Crippen LogP contribution in [-0.2, 0) is 6.54 Å². The van der Waals surface area contributed by atoms with Gasteiger partial charge in [-0.05, 0) is 18.2 Å². The van der Waals surface area contributed by atoms with E-state index < -0.39 is 0 Å². The molecule has 112 valence electrons. The number of fused-ring (bicyclic) bond motifs is 1. The van der Waals surface area contributed by atoms with E-state index >= 15 is 0 Å². The van der Waals surface area contributed by atoms with E-state index in [-0.39, 0.29) is 0 Å². The van der Waals surface area contributed by atoms with E-state index in [0.29, 0.717) is 0 Å². The number of likely N-dealkylation sites (tertiary alicyclic amines) is 1. The van der Waals surface area contributed by atoms with Gasteiger partial charge in [-0.25, -0.2) is 10.0 Å². The van der Waals surface area contributed by atoms with Crippen molar-refractivity contribution in [2.45, 2.75) is 19.4 Å². The molecule has 0 atom stereocenters. The number of hydrogen-bond donors (Lipinski definition) is 2. The van der Waals surface area contributed by atoms with Gasteiger partial charge in [0.15, 0.2) is 0 Å². The molecule has 1 aliphatic rings. The number of quaternary nitrogens is 1. The first kappa shape index (κ1) is 13.3. The molecule has 3 aromatic rings. The molecule has 1 aromatic heterocycles. The summed E-state index contributed by atoms with van der Waals surface area (Å²) in [5.41, 5.74) is 7.43. The Morgan fingerprint density at radius 1 is 1.05 bits per heavy atom. The molecule has 0 amide bonds. The number of H-pyrrole nitrogens is 1. The summed E-state index contributed by atoms with van der Waals surface area (Å²) in [6.07, 6.45) is 4.45. The highest BCUT2D eigenvalue weighted by Crippen LogP contribution is 2.26. The van der Waals surface area contributed by atoms with Crippen LogP contribution in [0.1, 0.15) is 18.4 Å². The van der Waals surface area contributed by atoms with Crippen molar-refractivity contribution in [3.05, 3.63) is 60.3 Å². The average molecular weight is 293 g/mol. The summed E-state index contributed by atoms with van der Waals surface area (Å²) in [6, 6.07) is 17.2. The number of aromatic amines is 1. The monoisotopic (exact) mass is 293 g/mol. The lowest BCUT2D eigenvalue weighted by Gasteiger charge is -2.34. The number of nitrogens with zero attached hydrogens (tertiary/aromatic N) is 2. The van der Waals surface area contributed by atoms with Gasteiger partial charge in [-0.3, -0.25) is 5.10 Å². The topological polar surface area (TPSA) is 40.7 Å². The molecule has 0 spiro atoms. The first-order chi connectivity index (χ1) is 10.8. The third-order valence-corrected chi connectivity index (χ3v) is 4.56. The third-order valence-electron chi connectivity index (χ3n) is 4.56. The Bertz CT molecular complexity index is 757. The lowest BCUT2D eigenvalue weighted by molar-refractivity contribution is -0.909. The van der Waals surface area contributed by atoms with E-state index in [0.717, 1.165) is 22.0 Å². The van der Waals surface area contributed by atoms with Crippen molar-refractivity contribution < 1.29 is 4.59 Å². The highest BCUT2D eigenvalue weighted by molar-refractivity contribution is 5.81. The third kappa shape index (κ3) is 2.57. The number of anilines is 1. The summed E-state index contributed by atoms with van der Waals surface area (Å²) in [5, 5.41) is 8.26. The number of hydrogen-bond acceptors (Lipinski definition) is 2. The van der Waals surface area contributed by atoms with Gasteiger partial charge in [0, 0.05) is 23.8 Å². The van der Waals surface area contributed by atoms with Crippen LogP contribution in [0.3, 0.4) is 0 Å². The summed E-state index contributed by atoms with van der Waals surface area (Å²) >= 11 is 0. The van der Waals surface area contributed by atoms with E-state index in [2.05, 4.69) is 64.2 Å². The number of aromatic nitrogens is 2. The highest BCUT2D eigenvalue weighted by atomic mass is 15.7. The Hall–Kier alpha value is -2.33. The van der Waals surface area contributed by atoms with Crippen molar-refractivity contribution in [2.75, 3.05) is 18.5 Å². The lowest BCUT2D eigenvalue weighted by atomic mass is 10.2. The molecule has 2 N–H and O–H groups in total. The Morgan fingerprint density at radius 3 is 2.68 bits per heavy atom. The average Bonchev–Trinajstić information content (AvgIpc) is 3.17. The van der Waals surface area contributed by atoms with Gasteiger partial charge in [0.25, 0.3) is 0 Å². The Balaban J connectivity index is 1.61. The van der Waals surface area contributed by atoms with Crippen LogP contribution in [0.2, 0.25) is 0 Å². The summed E-state index contributed by atoms with van der Waals surface area (Å²) in [5.74, 6) is 0. The SMILES string of the molecule is c1ccc(C[N+]2(Nc3ccc4[nH]ncc4c3)CCCC2)cc1. The molecule has 2 aromatic carbocycles. The molecule has 4 rings (SSSR count). The summed E-state index contributed by atoms with van der Waals surface area (Å²) in [6.45, 7) is 3.39. The van der Waals surface area contributed by atoms with Crippen LogP contribution in [0.25, 0.3) is 10.9 Å². The minimum Gasteiger partial charge on any atom is -0.278 e. The number of nitrogens with one attached hydrogen (secondary N) is 2. The maximum absolute atomic E-state index is 4.10. The molecule has 4 heteroatoms. The van der Waals surface area contributed by atoms with Gasteiger partial charge in [0.1, 0.15) is 19.6 Å². The maximum atomic E-state index is 4.10. The Morgan fingerprint density at radius 2 is 1.86 bits per heavy atom. The van der Waals surface area contributed by atoms with E-state index in [1.165, 1.54) is 37.2 Å². The van der Waals surface area contributed by atoms with Crippen molar-refractivity contribution in [1.29, 1.82) is 0 Å². The largest absolute Gasteiger partial charge is 0.278 e. The number of benzene rings is 2. The fourth-order valence-electron chi connectivity index (χ4n) is 3.47. The molecule has 1 aliphatic heterocycles. The molecule has 4 nitrogen and oxygen atoms in total. The van der Waals surface area contributed by atoms with Gasteiger partial charge in [0.05, 0.1) is 17.4 Å². The van der Waals surface area contributed by atoms with E-state index in [9.17, 15) is 0 Å². The predicted molar refractivity (Wildman–Crippen MR) is 89.1 cm³/mol. The van der Waals surface area contributed by atoms with Gasteiger partial charge in [-0.1, -0.05) is 30.3 Å². The molecule has 0 bridgehead atoms. The molecule has 22 heavy (non-hydrogen) atoms. The van der Waals surface area contributed by atoms with Crippen molar-refractivity contribution in [3.63, 3.8) is 0 Å². The standard InChI is InChI=1S/C18H21N4/c1-2-6-15(7-3-1)14-22(10-4-5-11-22)21-17-8-9-18-16(12-17)13-19-20-18/h1-3,6-9,12-13,21H,4-5,10-11,14H2,(H,19,20)/q+1. The molecule has 0 saturated carbocycles. The minimum absolute atomic E-state index is 0.938. The van der Waals surface area contributed by atoms with E-state index in [1.54, 1.807) is 0 Å². The zero-order chi connectivity index (χ0) is 14.8. The normalized spacial score (nSPS) is 16.9. The van der Waals surface area contributed by atoms with Crippen LogP contribution < -0.4 is 5.43 Å². The quantitative estimate of drug-likeness (QED) is 0.720. The Labute approximate surface area is 130 Å². The molecule has 2 heterocycles. The van der Waals surface area contributed by atoms with Gasteiger partial charge in [-0.15, -0.1) is 0 Å². The van der Waals surface area contributed by atoms with E-state index in [4.69, 9.17) is 0 Å². The molecule has 1 fully saturated rings. The fraction of sp³-hybridized carbons (Fsp3) is 0.278. The van der Waals surface area contributed by atoms with Crippen LogP contribution in [0, 0.1) is 0 Å². The van der Waals surface area contributed by atoms with E-state index in [1.807, 2.05) is 6.20 Å². The van der Waals surface area contributed by atoms with Gasteiger partial charge >= 0.3 is 0 Å². The first-order valence-electron chi connectivity index (χ1n) is 7.95. The van der Waals surface area contributed by atoms with Crippen LogP contribution in [0.15, 0.2) is 54.7 Å². The number of rotatable bonds is 4. The van der Waals surface area contributed by atoms with Crippen LogP contribution >= 0.6 is 0 Å². The predicted octanol–water partition coefficient (Wildman–Crippen LogP) is 3.70.